The number of piperidine rings is 1. The van der Waals surface area contributed by atoms with Crippen LogP contribution in [0.1, 0.15) is 39.5 Å². The number of amides is 1. The van der Waals surface area contributed by atoms with Crippen LogP contribution in [0.5, 0.6) is 0 Å². The molecule has 2 rings (SSSR count). The van der Waals surface area contributed by atoms with Gasteiger partial charge in [0.05, 0.1) is 11.0 Å². The standard InChI is InChI=1S/C13H24N2O2.ClH/c1-12(5-3-7-14-9-12)11(16)15-10-13(2)6-4-8-17-13;/h14H,3-10H2,1-2H3,(H,15,16);1H. The number of nitrogens with one attached hydrogen (secondary N) is 2. The van der Waals surface area contributed by atoms with Crippen molar-refractivity contribution >= 4 is 18.3 Å². The largest absolute Gasteiger partial charge is 0.373 e. The van der Waals surface area contributed by atoms with E-state index in [1.807, 2.05) is 6.92 Å². The molecular formula is C13H25ClN2O2. The highest BCUT2D eigenvalue weighted by Gasteiger charge is 2.36. The van der Waals surface area contributed by atoms with Gasteiger partial charge in [0, 0.05) is 19.7 Å². The van der Waals surface area contributed by atoms with Crippen LogP contribution in [0.3, 0.4) is 0 Å². The minimum atomic E-state index is -0.243. The van der Waals surface area contributed by atoms with Crippen LogP contribution >= 0.6 is 12.4 Å². The molecule has 5 heteroatoms. The van der Waals surface area contributed by atoms with E-state index in [4.69, 9.17) is 4.74 Å². The summed E-state index contributed by atoms with van der Waals surface area (Å²) in [6.45, 7) is 7.42. The fourth-order valence-corrected chi connectivity index (χ4v) is 2.71. The summed E-state index contributed by atoms with van der Waals surface area (Å²) in [6, 6.07) is 0. The third kappa shape index (κ3) is 3.59. The summed E-state index contributed by atoms with van der Waals surface area (Å²) in [6.07, 6.45) is 4.20. The van der Waals surface area contributed by atoms with Gasteiger partial charge >= 0.3 is 0 Å². The molecule has 2 N–H and O–H groups in total. The predicted octanol–water partition coefficient (Wildman–Crippen LogP) is 1.48. The maximum absolute atomic E-state index is 12.2. The second-order valence-electron chi connectivity index (χ2n) is 5.93. The van der Waals surface area contributed by atoms with Gasteiger partial charge in [0.1, 0.15) is 0 Å². The van der Waals surface area contributed by atoms with Crippen molar-refractivity contribution in [3.8, 4) is 0 Å². The minimum Gasteiger partial charge on any atom is -0.373 e. The second kappa shape index (κ2) is 6.22. The SMILES string of the molecule is CC1(CNC(=O)C2(C)CCCNC2)CCCO1.Cl. The Balaban J connectivity index is 0.00000162. The maximum atomic E-state index is 12.2. The third-order valence-corrected chi connectivity index (χ3v) is 4.07. The molecule has 0 spiro atoms. The topological polar surface area (TPSA) is 50.4 Å². The molecule has 0 aromatic rings. The number of carbonyl (C=O) groups excluding carboxylic acids is 1. The van der Waals surface area contributed by atoms with Gasteiger partial charge in [0.2, 0.25) is 5.91 Å². The molecule has 2 unspecified atom stereocenters. The Hall–Kier alpha value is -0.320. The van der Waals surface area contributed by atoms with E-state index in [0.717, 1.165) is 45.4 Å². The van der Waals surface area contributed by atoms with Gasteiger partial charge in [-0.15, -0.1) is 12.4 Å². The lowest BCUT2D eigenvalue weighted by Crippen LogP contribution is -2.51. The lowest BCUT2D eigenvalue weighted by atomic mass is 9.82. The molecule has 0 saturated carbocycles. The molecule has 2 aliphatic rings. The average Bonchev–Trinajstić information content (AvgIpc) is 2.75. The number of halogens is 1. The van der Waals surface area contributed by atoms with E-state index in [9.17, 15) is 4.79 Å². The first kappa shape index (κ1) is 15.7. The number of hydrogen-bond donors (Lipinski definition) is 2. The molecule has 106 valence electrons. The van der Waals surface area contributed by atoms with Crippen LogP contribution in [0.25, 0.3) is 0 Å². The highest BCUT2D eigenvalue weighted by atomic mass is 35.5. The lowest BCUT2D eigenvalue weighted by Gasteiger charge is -2.34. The molecule has 2 saturated heterocycles. The first-order valence-corrected chi connectivity index (χ1v) is 6.67. The molecule has 0 bridgehead atoms. The highest BCUT2D eigenvalue weighted by molar-refractivity contribution is 5.85. The van der Waals surface area contributed by atoms with Gasteiger partial charge in [-0.2, -0.15) is 0 Å². The molecule has 0 aromatic heterocycles. The highest BCUT2D eigenvalue weighted by Crippen LogP contribution is 2.27. The summed E-state index contributed by atoms with van der Waals surface area (Å²) >= 11 is 0. The minimum absolute atomic E-state index is 0. The van der Waals surface area contributed by atoms with Crippen LogP contribution in [0, 0.1) is 5.41 Å². The first-order valence-electron chi connectivity index (χ1n) is 6.67. The smallest absolute Gasteiger partial charge is 0.227 e. The predicted molar refractivity (Wildman–Crippen MR) is 74.1 cm³/mol. The maximum Gasteiger partial charge on any atom is 0.227 e. The normalized spacial score (nSPS) is 35.9. The molecule has 1 amide bonds. The Morgan fingerprint density at radius 1 is 1.33 bits per heavy atom. The van der Waals surface area contributed by atoms with Crippen LogP contribution in [0.4, 0.5) is 0 Å². The van der Waals surface area contributed by atoms with Crippen molar-refractivity contribution in [1.82, 2.24) is 10.6 Å². The summed E-state index contributed by atoms with van der Waals surface area (Å²) < 4.78 is 5.68. The van der Waals surface area contributed by atoms with E-state index >= 15 is 0 Å². The van der Waals surface area contributed by atoms with Gasteiger partial charge in [-0.05, 0) is 46.1 Å². The summed E-state index contributed by atoms with van der Waals surface area (Å²) in [5.41, 5.74) is -0.388. The fourth-order valence-electron chi connectivity index (χ4n) is 2.71. The van der Waals surface area contributed by atoms with E-state index < -0.39 is 0 Å². The molecule has 2 heterocycles. The first-order chi connectivity index (χ1) is 8.04. The van der Waals surface area contributed by atoms with Gasteiger partial charge in [0.15, 0.2) is 0 Å². The number of ether oxygens (including phenoxy) is 1. The van der Waals surface area contributed by atoms with Crippen molar-refractivity contribution in [2.75, 3.05) is 26.2 Å². The summed E-state index contributed by atoms with van der Waals surface area (Å²) in [5.74, 6) is 0.168. The van der Waals surface area contributed by atoms with Crippen LogP contribution in [-0.2, 0) is 9.53 Å². The molecule has 2 atom stereocenters. The fraction of sp³-hybridized carbons (Fsp3) is 0.923. The van der Waals surface area contributed by atoms with E-state index in [1.54, 1.807) is 0 Å². The summed E-state index contributed by atoms with van der Waals surface area (Å²) in [5, 5.41) is 6.37. The average molecular weight is 277 g/mol. The molecule has 4 nitrogen and oxygen atoms in total. The van der Waals surface area contributed by atoms with E-state index in [2.05, 4.69) is 17.6 Å². The third-order valence-electron chi connectivity index (χ3n) is 4.07. The van der Waals surface area contributed by atoms with Crippen LogP contribution < -0.4 is 10.6 Å². The second-order valence-corrected chi connectivity index (χ2v) is 5.93. The van der Waals surface area contributed by atoms with Gasteiger partial charge in [0.25, 0.3) is 0 Å². The Labute approximate surface area is 116 Å². The zero-order chi connectivity index (χ0) is 12.4. The summed E-state index contributed by atoms with van der Waals surface area (Å²) in [7, 11) is 0. The Morgan fingerprint density at radius 3 is 2.67 bits per heavy atom. The van der Waals surface area contributed by atoms with Crippen LogP contribution in [0.15, 0.2) is 0 Å². The van der Waals surface area contributed by atoms with Gasteiger partial charge < -0.3 is 15.4 Å². The van der Waals surface area contributed by atoms with Crippen molar-refractivity contribution in [2.45, 2.75) is 45.1 Å². The summed E-state index contributed by atoms with van der Waals surface area (Å²) in [4.78, 5) is 12.2. The number of carbonyl (C=O) groups is 1. The Kier molecular flexibility index (Phi) is 5.44. The van der Waals surface area contributed by atoms with Crippen molar-refractivity contribution < 1.29 is 9.53 Å². The molecule has 0 aliphatic carbocycles. The molecule has 18 heavy (non-hydrogen) atoms. The van der Waals surface area contributed by atoms with Crippen LogP contribution in [-0.4, -0.2) is 37.7 Å². The molecule has 0 aromatic carbocycles. The van der Waals surface area contributed by atoms with Gasteiger partial charge in [-0.1, -0.05) is 0 Å². The molecular weight excluding hydrogens is 252 g/mol. The van der Waals surface area contributed by atoms with Crippen molar-refractivity contribution in [3.63, 3.8) is 0 Å². The quantitative estimate of drug-likeness (QED) is 0.821. The van der Waals surface area contributed by atoms with Crippen molar-refractivity contribution in [1.29, 1.82) is 0 Å². The Morgan fingerprint density at radius 2 is 2.11 bits per heavy atom. The lowest BCUT2D eigenvalue weighted by molar-refractivity contribution is -0.132. The zero-order valence-corrected chi connectivity index (χ0v) is 12.2. The molecule has 2 fully saturated rings. The molecule has 0 radical (unpaired) electrons. The van der Waals surface area contributed by atoms with Gasteiger partial charge in [-0.3, -0.25) is 4.79 Å². The monoisotopic (exact) mass is 276 g/mol. The van der Waals surface area contributed by atoms with Crippen LogP contribution in [0.2, 0.25) is 0 Å². The molecule has 2 aliphatic heterocycles. The van der Waals surface area contributed by atoms with E-state index in [-0.39, 0.29) is 29.3 Å². The number of rotatable bonds is 3. The Bertz CT molecular complexity index is 285. The van der Waals surface area contributed by atoms with E-state index in [0.29, 0.717) is 6.54 Å². The van der Waals surface area contributed by atoms with Gasteiger partial charge in [-0.25, -0.2) is 0 Å². The van der Waals surface area contributed by atoms with E-state index in [1.165, 1.54) is 0 Å². The zero-order valence-electron chi connectivity index (χ0n) is 11.4. The van der Waals surface area contributed by atoms with Crippen molar-refractivity contribution in [3.05, 3.63) is 0 Å². The number of hydrogen-bond acceptors (Lipinski definition) is 3. The van der Waals surface area contributed by atoms with Crippen molar-refractivity contribution in [2.24, 2.45) is 5.41 Å².